The summed E-state index contributed by atoms with van der Waals surface area (Å²) in [6.45, 7) is 10.5. The van der Waals surface area contributed by atoms with Crippen molar-refractivity contribution in [1.82, 2.24) is 0 Å². The first kappa shape index (κ1) is 14.5. The molecule has 0 aliphatic heterocycles. The number of hydrogen-bond acceptors (Lipinski definition) is 1. The van der Waals surface area contributed by atoms with E-state index in [9.17, 15) is 0 Å². The van der Waals surface area contributed by atoms with E-state index in [0.29, 0.717) is 6.61 Å². The van der Waals surface area contributed by atoms with Gasteiger partial charge in [-0.05, 0) is 19.4 Å². The molecule has 0 unspecified atom stereocenters. The lowest BCUT2D eigenvalue weighted by Crippen LogP contribution is -2.17. The Morgan fingerprint density at radius 2 is 1.87 bits per heavy atom. The molecule has 0 rings (SSSR count). The van der Waals surface area contributed by atoms with Crippen LogP contribution in [-0.2, 0) is 4.74 Å². The fraction of sp³-hybridized carbons (Fsp3) is 0.692. The number of rotatable bonds is 6. The average molecular weight is 224 g/mol. The highest BCUT2D eigenvalue weighted by molar-refractivity contribution is 6.76. The molecule has 15 heavy (non-hydrogen) atoms. The van der Waals surface area contributed by atoms with Crippen LogP contribution in [0.2, 0.25) is 25.7 Å². The van der Waals surface area contributed by atoms with Crippen LogP contribution in [0.1, 0.15) is 19.8 Å². The molecule has 0 atom stereocenters. The molecule has 86 valence electrons. The monoisotopic (exact) mass is 224 g/mol. The highest BCUT2D eigenvalue weighted by Gasteiger charge is 2.08. The first-order valence-electron chi connectivity index (χ1n) is 5.74. The molecule has 0 saturated carbocycles. The predicted molar refractivity (Wildman–Crippen MR) is 70.8 cm³/mol. The summed E-state index contributed by atoms with van der Waals surface area (Å²) >= 11 is 0. The lowest BCUT2D eigenvalue weighted by molar-refractivity contribution is 0.182. The molecule has 1 nitrogen and oxygen atoms in total. The molecule has 0 amide bonds. The first-order chi connectivity index (χ1) is 7.06. The third-order valence-corrected chi connectivity index (χ3v) is 3.30. The molecular weight excluding hydrogens is 200 g/mol. The molecule has 0 aromatic rings. The van der Waals surface area contributed by atoms with Crippen molar-refractivity contribution in [3.05, 3.63) is 12.2 Å². The van der Waals surface area contributed by atoms with E-state index < -0.39 is 8.07 Å². The average Bonchev–Trinajstić information content (AvgIpc) is 2.14. The van der Waals surface area contributed by atoms with Crippen molar-refractivity contribution in [2.45, 2.75) is 45.5 Å². The van der Waals surface area contributed by atoms with Gasteiger partial charge in [-0.1, -0.05) is 37.7 Å². The zero-order chi connectivity index (χ0) is 11.6. The number of ether oxygens (including phenoxy) is 1. The van der Waals surface area contributed by atoms with E-state index in [4.69, 9.17) is 4.74 Å². The molecule has 2 heteroatoms. The fourth-order valence-electron chi connectivity index (χ4n) is 1.00. The highest BCUT2D eigenvalue weighted by atomic mass is 28.3. The van der Waals surface area contributed by atoms with Gasteiger partial charge in [0.25, 0.3) is 0 Å². The topological polar surface area (TPSA) is 9.23 Å². The molecule has 0 fully saturated rings. The van der Waals surface area contributed by atoms with E-state index in [1.54, 1.807) is 0 Å². The number of allylic oxidation sites excluding steroid dienone is 2. The van der Waals surface area contributed by atoms with Crippen molar-refractivity contribution in [3.63, 3.8) is 0 Å². The van der Waals surface area contributed by atoms with Gasteiger partial charge in [-0.25, -0.2) is 0 Å². The first-order valence-corrected chi connectivity index (χ1v) is 9.45. The molecular formula is C13H24OSi. The maximum absolute atomic E-state index is 5.12. The Hall–Kier alpha value is -0.523. The van der Waals surface area contributed by atoms with E-state index in [2.05, 4.69) is 43.6 Å². The summed E-state index contributed by atoms with van der Waals surface area (Å²) in [4.78, 5) is 0. The summed E-state index contributed by atoms with van der Waals surface area (Å²) in [5, 5.41) is 0. The maximum atomic E-state index is 5.12. The van der Waals surface area contributed by atoms with Crippen LogP contribution in [0.3, 0.4) is 0 Å². The fourth-order valence-corrected chi connectivity index (χ4v) is 1.88. The van der Waals surface area contributed by atoms with E-state index in [1.807, 2.05) is 6.92 Å². The van der Waals surface area contributed by atoms with Gasteiger partial charge in [0.05, 0.1) is 0 Å². The second kappa shape index (κ2) is 8.76. The lowest BCUT2D eigenvalue weighted by Gasteiger charge is -2.11. The summed E-state index contributed by atoms with van der Waals surface area (Å²) in [6.07, 6.45) is 6.60. The van der Waals surface area contributed by atoms with Gasteiger partial charge in [-0.3, -0.25) is 0 Å². The van der Waals surface area contributed by atoms with E-state index in [0.717, 1.165) is 19.4 Å². The normalized spacial score (nSPS) is 11.5. The Labute approximate surface area is 95.9 Å². The van der Waals surface area contributed by atoms with Crippen molar-refractivity contribution >= 4 is 8.07 Å². The van der Waals surface area contributed by atoms with Gasteiger partial charge in [0.2, 0.25) is 0 Å². The summed E-state index contributed by atoms with van der Waals surface area (Å²) in [6, 6.07) is 1.28. The minimum atomic E-state index is -0.886. The van der Waals surface area contributed by atoms with Crippen LogP contribution >= 0.6 is 0 Å². The van der Waals surface area contributed by atoms with E-state index in [1.165, 1.54) is 6.04 Å². The van der Waals surface area contributed by atoms with Crippen LogP contribution in [0.25, 0.3) is 0 Å². The quantitative estimate of drug-likeness (QED) is 0.289. The van der Waals surface area contributed by atoms with Gasteiger partial charge in [0, 0.05) is 21.1 Å². The van der Waals surface area contributed by atoms with Gasteiger partial charge in [-0.15, -0.1) is 5.92 Å². The van der Waals surface area contributed by atoms with Gasteiger partial charge in [-0.2, -0.15) is 0 Å². The molecule has 0 aromatic carbocycles. The molecule has 0 heterocycles. The van der Waals surface area contributed by atoms with Crippen LogP contribution in [0.5, 0.6) is 0 Å². The third kappa shape index (κ3) is 13.5. The van der Waals surface area contributed by atoms with Gasteiger partial charge in [0.1, 0.15) is 6.61 Å². The van der Waals surface area contributed by atoms with Crippen molar-refractivity contribution < 1.29 is 4.74 Å². The summed E-state index contributed by atoms with van der Waals surface area (Å²) < 4.78 is 5.12. The highest BCUT2D eigenvalue weighted by Crippen LogP contribution is 2.08. The van der Waals surface area contributed by atoms with Crippen LogP contribution < -0.4 is 0 Å². The van der Waals surface area contributed by atoms with Crippen LogP contribution in [0, 0.1) is 11.8 Å². The second-order valence-corrected chi connectivity index (χ2v) is 10.3. The van der Waals surface area contributed by atoms with Crippen molar-refractivity contribution in [3.8, 4) is 11.8 Å². The van der Waals surface area contributed by atoms with Gasteiger partial charge >= 0.3 is 0 Å². The number of hydrogen-bond donors (Lipinski definition) is 0. The summed E-state index contributed by atoms with van der Waals surface area (Å²) in [5.74, 6) is 6.10. The molecule has 0 aliphatic carbocycles. The second-order valence-electron chi connectivity index (χ2n) is 4.77. The van der Waals surface area contributed by atoms with Crippen molar-refractivity contribution in [2.24, 2.45) is 0 Å². The van der Waals surface area contributed by atoms with Crippen LogP contribution in [0.15, 0.2) is 12.2 Å². The molecule has 0 spiro atoms. The molecule has 0 N–H and O–H groups in total. The molecule has 0 saturated heterocycles. The predicted octanol–water partition coefficient (Wildman–Crippen LogP) is 3.70. The largest absolute Gasteiger partial charge is 0.369 e. The molecule has 0 aromatic heterocycles. The molecule has 0 radical (unpaired) electrons. The lowest BCUT2D eigenvalue weighted by atomic mass is 10.3. The van der Waals surface area contributed by atoms with Crippen molar-refractivity contribution in [2.75, 3.05) is 13.2 Å². The van der Waals surface area contributed by atoms with Crippen LogP contribution in [0.4, 0.5) is 0 Å². The van der Waals surface area contributed by atoms with Crippen molar-refractivity contribution in [1.29, 1.82) is 0 Å². The SMILES string of the molecule is CCOCC#CCC/C=C\C[Si](C)(C)C. The number of unbranched alkanes of at least 4 members (excludes halogenated alkanes) is 1. The Morgan fingerprint density at radius 3 is 2.47 bits per heavy atom. The Morgan fingerprint density at radius 1 is 1.13 bits per heavy atom. The Bertz CT molecular complexity index is 227. The summed E-state index contributed by atoms with van der Waals surface area (Å²) in [5.41, 5.74) is 0. The van der Waals surface area contributed by atoms with Gasteiger partial charge < -0.3 is 4.74 Å². The zero-order valence-electron chi connectivity index (χ0n) is 10.6. The van der Waals surface area contributed by atoms with E-state index in [-0.39, 0.29) is 0 Å². The van der Waals surface area contributed by atoms with E-state index >= 15 is 0 Å². The minimum Gasteiger partial charge on any atom is -0.369 e. The smallest absolute Gasteiger partial charge is 0.107 e. The van der Waals surface area contributed by atoms with Gasteiger partial charge in [0.15, 0.2) is 0 Å². The Kier molecular flexibility index (Phi) is 8.45. The summed E-state index contributed by atoms with van der Waals surface area (Å²) in [7, 11) is -0.886. The molecule has 0 aliphatic rings. The van der Waals surface area contributed by atoms with Crippen LogP contribution in [-0.4, -0.2) is 21.3 Å². The minimum absolute atomic E-state index is 0.578. The molecule has 0 bridgehead atoms. The third-order valence-electron chi connectivity index (χ3n) is 1.84. The zero-order valence-corrected chi connectivity index (χ0v) is 11.6. The standard InChI is InChI=1S/C13H24OSi/c1-5-14-12-10-8-6-7-9-11-13-15(2,3)4/h9,11H,5-7,12-13H2,1-4H3/b11-9-. The Balaban J connectivity index is 3.40. The maximum Gasteiger partial charge on any atom is 0.107 e.